The number of ether oxygens (including phenoxy) is 2. The maximum atomic E-state index is 13.3. The van der Waals surface area contributed by atoms with E-state index in [0.29, 0.717) is 32.6 Å². The average molecular weight is 774 g/mol. The monoisotopic (exact) mass is 773 g/mol. The van der Waals surface area contributed by atoms with Crippen LogP contribution < -0.4 is 20.9 Å². The molecule has 0 radical (unpaired) electrons. The SMILES string of the molecule is CC(=O)NCCCCCC(=O)NCc1cccc(-c2cccc([C@@H]3O[C@H](CN4CCC5(CC4)C(=O)NCN5c4ccccc4)C[C@H](c4ccc(CO)cc4)O3)c2)c1. The van der Waals surface area contributed by atoms with Gasteiger partial charge < -0.3 is 40.3 Å². The van der Waals surface area contributed by atoms with Crippen LogP contribution in [0.15, 0.2) is 103 Å². The molecular weight excluding hydrogens is 719 g/mol. The summed E-state index contributed by atoms with van der Waals surface area (Å²) >= 11 is 0. The van der Waals surface area contributed by atoms with Gasteiger partial charge in [0.05, 0.1) is 25.5 Å². The molecule has 0 bridgehead atoms. The second kappa shape index (κ2) is 18.9. The number of aliphatic hydroxyl groups is 1. The van der Waals surface area contributed by atoms with Gasteiger partial charge in [-0.05, 0) is 77.8 Å². The Balaban J connectivity index is 1.01. The lowest BCUT2D eigenvalue weighted by Gasteiger charge is -2.45. The Morgan fingerprint density at radius 2 is 1.58 bits per heavy atom. The van der Waals surface area contributed by atoms with Gasteiger partial charge in [-0.25, -0.2) is 0 Å². The van der Waals surface area contributed by atoms with Crippen LogP contribution in [0.25, 0.3) is 11.1 Å². The fourth-order valence-corrected chi connectivity index (χ4v) is 8.33. The first-order valence-corrected chi connectivity index (χ1v) is 20.3. The number of aliphatic hydroxyl groups excluding tert-OH is 1. The van der Waals surface area contributed by atoms with E-state index in [1.54, 1.807) is 0 Å². The predicted molar refractivity (Wildman–Crippen MR) is 220 cm³/mol. The molecule has 4 aromatic rings. The van der Waals surface area contributed by atoms with Crippen molar-refractivity contribution in [2.24, 2.45) is 0 Å². The summed E-state index contributed by atoms with van der Waals surface area (Å²) in [6, 6.07) is 34.6. The van der Waals surface area contributed by atoms with Gasteiger partial charge >= 0.3 is 0 Å². The predicted octanol–water partition coefficient (Wildman–Crippen LogP) is 6.13. The van der Waals surface area contributed by atoms with E-state index in [1.165, 1.54) is 6.92 Å². The zero-order valence-corrected chi connectivity index (χ0v) is 32.8. The molecule has 7 rings (SSSR count). The number of nitrogens with zero attached hydrogens (tertiary/aromatic N) is 2. The summed E-state index contributed by atoms with van der Waals surface area (Å²) in [6.07, 6.45) is 4.21. The molecule has 3 atom stereocenters. The molecule has 0 saturated carbocycles. The number of nitrogens with one attached hydrogen (secondary N) is 3. The lowest BCUT2D eigenvalue weighted by molar-refractivity contribution is -0.253. The molecule has 300 valence electrons. The average Bonchev–Trinajstić information content (AvgIpc) is 3.56. The molecule has 0 aliphatic carbocycles. The molecule has 3 saturated heterocycles. The molecule has 3 aliphatic heterocycles. The molecule has 11 nitrogen and oxygen atoms in total. The number of likely N-dealkylation sites (tertiary alicyclic amines) is 1. The van der Waals surface area contributed by atoms with Gasteiger partial charge in [0.1, 0.15) is 5.54 Å². The van der Waals surface area contributed by atoms with Crippen molar-refractivity contribution in [3.63, 3.8) is 0 Å². The van der Waals surface area contributed by atoms with E-state index in [0.717, 1.165) is 90.8 Å². The van der Waals surface area contributed by atoms with Crippen LogP contribution in [-0.2, 0) is 37.0 Å². The smallest absolute Gasteiger partial charge is 0.247 e. The van der Waals surface area contributed by atoms with Crippen molar-refractivity contribution < 1.29 is 29.0 Å². The Morgan fingerprint density at radius 1 is 0.825 bits per heavy atom. The van der Waals surface area contributed by atoms with Crippen molar-refractivity contribution in [1.82, 2.24) is 20.9 Å². The van der Waals surface area contributed by atoms with Crippen LogP contribution in [0, 0.1) is 0 Å². The standard InChI is InChI=1S/C46H55N5O6/c1-33(53)47-23-7-3-6-16-43(54)48-29-35-10-8-11-37(26-35)38-12-9-13-39(27-38)44-56-41(28-42(57-44)36-19-17-34(31-52)18-20-36)30-50-24-21-46(22-25-50)45(55)49-32-51(46)40-14-4-2-5-15-40/h2,4-5,8-15,17-20,26-27,41-42,44,52H,3,6-7,16,21-25,28-32H2,1H3,(H,47,53)(H,48,54)(H,49,55)/t41-,42+,44+/m0/s1. The molecule has 57 heavy (non-hydrogen) atoms. The number of hydrogen-bond acceptors (Lipinski definition) is 8. The van der Waals surface area contributed by atoms with E-state index in [1.807, 2.05) is 66.7 Å². The first kappa shape index (κ1) is 40.1. The highest BCUT2D eigenvalue weighted by Crippen LogP contribution is 2.41. The summed E-state index contributed by atoms with van der Waals surface area (Å²) in [7, 11) is 0. The first-order chi connectivity index (χ1) is 27.8. The molecule has 0 aromatic heterocycles. The molecule has 4 N–H and O–H groups in total. The Morgan fingerprint density at radius 3 is 2.33 bits per heavy atom. The molecular formula is C46H55N5O6. The molecule has 11 heteroatoms. The lowest BCUT2D eigenvalue weighted by Crippen LogP contribution is -2.57. The minimum absolute atomic E-state index is 0.0151. The first-order valence-electron chi connectivity index (χ1n) is 20.3. The summed E-state index contributed by atoms with van der Waals surface area (Å²) in [5, 5.41) is 18.6. The van der Waals surface area contributed by atoms with Gasteiger partial charge in [-0.1, -0.05) is 85.3 Å². The zero-order valence-electron chi connectivity index (χ0n) is 32.8. The highest BCUT2D eigenvalue weighted by Gasteiger charge is 2.50. The van der Waals surface area contributed by atoms with Gasteiger partial charge in [0.25, 0.3) is 0 Å². The second-order valence-electron chi connectivity index (χ2n) is 15.5. The number of hydrogen-bond donors (Lipinski definition) is 4. The third kappa shape index (κ3) is 10.1. The second-order valence-corrected chi connectivity index (χ2v) is 15.5. The van der Waals surface area contributed by atoms with Crippen LogP contribution in [0.2, 0.25) is 0 Å². The fourth-order valence-electron chi connectivity index (χ4n) is 8.33. The molecule has 1 spiro atoms. The highest BCUT2D eigenvalue weighted by molar-refractivity contribution is 5.93. The minimum atomic E-state index is -0.600. The van der Waals surface area contributed by atoms with Crippen LogP contribution >= 0.6 is 0 Å². The summed E-state index contributed by atoms with van der Waals surface area (Å²) in [4.78, 5) is 41.5. The van der Waals surface area contributed by atoms with Gasteiger partial charge in [-0.15, -0.1) is 0 Å². The van der Waals surface area contributed by atoms with E-state index >= 15 is 0 Å². The number of carbonyl (C=O) groups is 3. The van der Waals surface area contributed by atoms with Gasteiger partial charge in [0.15, 0.2) is 6.29 Å². The van der Waals surface area contributed by atoms with Crippen LogP contribution in [-0.4, -0.2) is 72.2 Å². The van der Waals surface area contributed by atoms with Crippen LogP contribution in [0.1, 0.15) is 86.5 Å². The van der Waals surface area contributed by atoms with Crippen molar-refractivity contribution in [3.05, 3.63) is 125 Å². The maximum absolute atomic E-state index is 13.3. The Labute approximate surface area is 335 Å². The number of anilines is 1. The summed E-state index contributed by atoms with van der Waals surface area (Å²) in [5.41, 5.74) is 6.41. The van der Waals surface area contributed by atoms with E-state index in [4.69, 9.17) is 9.47 Å². The van der Waals surface area contributed by atoms with Crippen molar-refractivity contribution >= 4 is 23.4 Å². The summed E-state index contributed by atoms with van der Waals surface area (Å²) in [5.74, 6) is 0.0982. The van der Waals surface area contributed by atoms with Gasteiger partial charge in [-0.2, -0.15) is 0 Å². The lowest BCUT2D eigenvalue weighted by atomic mass is 9.85. The molecule has 4 aromatic carbocycles. The number of rotatable bonds is 15. The van der Waals surface area contributed by atoms with Crippen molar-refractivity contribution in [3.8, 4) is 11.1 Å². The Hall–Kier alpha value is -5.07. The topological polar surface area (TPSA) is 132 Å². The molecule has 0 unspecified atom stereocenters. The number of benzene rings is 4. The normalized spacial score (nSPS) is 20.6. The van der Waals surface area contributed by atoms with E-state index in [2.05, 4.69) is 62.1 Å². The number of unbranched alkanes of at least 4 members (excludes halogenated alkanes) is 2. The van der Waals surface area contributed by atoms with Gasteiger partial charge in [0.2, 0.25) is 17.7 Å². The molecule has 3 heterocycles. The number of carbonyl (C=O) groups excluding carboxylic acids is 3. The quantitative estimate of drug-likeness (QED) is 0.106. The van der Waals surface area contributed by atoms with E-state index in [9.17, 15) is 19.5 Å². The maximum Gasteiger partial charge on any atom is 0.247 e. The Kier molecular flexibility index (Phi) is 13.3. The van der Waals surface area contributed by atoms with Crippen LogP contribution in [0.5, 0.6) is 0 Å². The number of piperidine rings is 1. The summed E-state index contributed by atoms with van der Waals surface area (Å²) < 4.78 is 13.5. The van der Waals surface area contributed by atoms with Crippen LogP contribution in [0.3, 0.4) is 0 Å². The summed E-state index contributed by atoms with van der Waals surface area (Å²) in [6.45, 7) is 5.38. The van der Waals surface area contributed by atoms with Gasteiger partial charge in [-0.3, -0.25) is 14.4 Å². The zero-order chi connectivity index (χ0) is 39.6. The minimum Gasteiger partial charge on any atom is -0.392 e. The number of para-hydroxylation sites is 1. The van der Waals surface area contributed by atoms with Gasteiger partial charge in [0, 0.05) is 63.7 Å². The third-order valence-electron chi connectivity index (χ3n) is 11.5. The van der Waals surface area contributed by atoms with Crippen molar-refractivity contribution in [2.45, 2.75) is 89.1 Å². The molecule has 3 amide bonds. The molecule has 3 fully saturated rings. The van der Waals surface area contributed by atoms with E-state index < -0.39 is 11.8 Å². The van der Waals surface area contributed by atoms with Crippen molar-refractivity contribution in [2.75, 3.05) is 37.7 Å². The van der Waals surface area contributed by atoms with E-state index in [-0.39, 0.29) is 36.5 Å². The third-order valence-corrected chi connectivity index (χ3v) is 11.5. The van der Waals surface area contributed by atoms with Crippen molar-refractivity contribution in [1.29, 1.82) is 0 Å². The van der Waals surface area contributed by atoms with Crippen LogP contribution in [0.4, 0.5) is 5.69 Å². The fraction of sp³-hybridized carbons (Fsp3) is 0.413. The number of amides is 3. The Bertz CT molecular complexity index is 1970. The largest absolute Gasteiger partial charge is 0.392 e. The highest BCUT2D eigenvalue weighted by atomic mass is 16.7. The molecule has 3 aliphatic rings.